The number of hydrogen-bond acceptors (Lipinski definition) is 4. The Morgan fingerprint density at radius 3 is 2.87 bits per heavy atom. The van der Waals surface area contributed by atoms with E-state index < -0.39 is 6.17 Å². The molecule has 0 aliphatic carbocycles. The third kappa shape index (κ3) is 3.02. The second kappa shape index (κ2) is 6.24. The van der Waals surface area contributed by atoms with Gasteiger partial charge in [-0.15, -0.1) is 0 Å². The summed E-state index contributed by atoms with van der Waals surface area (Å²) < 4.78 is 24.5. The summed E-state index contributed by atoms with van der Waals surface area (Å²) in [7, 11) is 0. The lowest BCUT2D eigenvalue weighted by Crippen LogP contribution is -2.44. The molecule has 5 nitrogen and oxygen atoms in total. The van der Waals surface area contributed by atoms with Crippen molar-refractivity contribution in [3.05, 3.63) is 24.2 Å². The van der Waals surface area contributed by atoms with Crippen molar-refractivity contribution in [3.8, 4) is 0 Å². The van der Waals surface area contributed by atoms with Crippen LogP contribution in [0, 0.1) is 11.8 Å². The SMILES string of the molecule is O=C([C@@H]1CO[C@@H]2CN(Cc3ccco3)C[C@@H]21)N1CCC(F)CC1. The number of fused-ring (bicyclic) bond motifs is 1. The molecule has 0 aromatic carbocycles. The molecule has 0 bridgehead atoms. The summed E-state index contributed by atoms with van der Waals surface area (Å²) in [5.41, 5.74) is 0. The van der Waals surface area contributed by atoms with Crippen molar-refractivity contribution in [1.29, 1.82) is 0 Å². The molecule has 1 aromatic heterocycles. The Labute approximate surface area is 135 Å². The van der Waals surface area contributed by atoms with E-state index in [0.717, 1.165) is 25.4 Å². The molecular weight excluding hydrogens is 299 g/mol. The lowest BCUT2D eigenvalue weighted by molar-refractivity contribution is -0.138. The van der Waals surface area contributed by atoms with E-state index in [1.54, 1.807) is 6.26 Å². The van der Waals surface area contributed by atoms with Gasteiger partial charge in [0.15, 0.2) is 0 Å². The predicted octanol–water partition coefficient (Wildman–Crippen LogP) is 1.69. The summed E-state index contributed by atoms with van der Waals surface area (Å²) in [6.45, 7) is 4.08. The van der Waals surface area contributed by atoms with Crippen LogP contribution in [-0.4, -0.2) is 60.8 Å². The summed E-state index contributed by atoms with van der Waals surface area (Å²) >= 11 is 0. The van der Waals surface area contributed by atoms with Crippen LogP contribution in [-0.2, 0) is 16.1 Å². The third-order valence-electron chi connectivity index (χ3n) is 5.40. The second-order valence-corrected chi connectivity index (χ2v) is 6.92. The normalized spacial score (nSPS) is 32.4. The van der Waals surface area contributed by atoms with E-state index in [4.69, 9.17) is 9.15 Å². The van der Waals surface area contributed by atoms with Gasteiger partial charge in [0.05, 0.1) is 31.4 Å². The highest BCUT2D eigenvalue weighted by Crippen LogP contribution is 2.36. The average molecular weight is 322 g/mol. The van der Waals surface area contributed by atoms with Crippen molar-refractivity contribution >= 4 is 5.91 Å². The first-order chi connectivity index (χ1) is 11.2. The van der Waals surface area contributed by atoms with Gasteiger partial charge in [-0.05, 0) is 25.0 Å². The van der Waals surface area contributed by atoms with E-state index in [0.29, 0.717) is 32.5 Å². The van der Waals surface area contributed by atoms with Crippen molar-refractivity contribution in [3.63, 3.8) is 0 Å². The van der Waals surface area contributed by atoms with Gasteiger partial charge >= 0.3 is 0 Å². The Balaban J connectivity index is 1.37. The van der Waals surface area contributed by atoms with Crippen LogP contribution in [0.25, 0.3) is 0 Å². The zero-order valence-corrected chi connectivity index (χ0v) is 13.2. The predicted molar refractivity (Wildman–Crippen MR) is 81.4 cm³/mol. The van der Waals surface area contributed by atoms with Crippen LogP contribution in [0.3, 0.4) is 0 Å². The number of piperidine rings is 1. The molecule has 3 aliphatic heterocycles. The van der Waals surface area contributed by atoms with E-state index in [-0.39, 0.29) is 23.8 Å². The molecule has 3 aliphatic rings. The van der Waals surface area contributed by atoms with Gasteiger partial charge in [-0.25, -0.2) is 4.39 Å². The van der Waals surface area contributed by atoms with Gasteiger partial charge in [0.25, 0.3) is 0 Å². The molecule has 4 heterocycles. The molecule has 1 aromatic rings. The maximum absolute atomic E-state index is 13.3. The molecule has 3 atom stereocenters. The number of hydrogen-bond donors (Lipinski definition) is 0. The monoisotopic (exact) mass is 322 g/mol. The summed E-state index contributed by atoms with van der Waals surface area (Å²) in [6.07, 6.45) is 2.01. The van der Waals surface area contributed by atoms with Crippen molar-refractivity contribution in [2.24, 2.45) is 11.8 Å². The van der Waals surface area contributed by atoms with Gasteiger partial charge in [-0.2, -0.15) is 0 Å². The number of carbonyl (C=O) groups excluding carboxylic acids is 1. The highest BCUT2D eigenvalue weighted by atomic mass is 19.1. The molecule has 3 saturated heterocycles. The van der Waals surface area contributed by atoms with E-state index in [9.17, 15) is 9.18 Å². The van der Waals surface area contributed by atoms with Crippen LogP contribution in [0.5, 0.6) is 0 Å². The van der Waals surface area contributed by atoms with Gasteiger partial charge in [0.1, 0.15) is 11.9 Å². The number of likely N-dealkylation sites (tertiary alicyclic amines) is 2. The first kappa shape index (κ1) is 15.1. The Morgan fingerprint density at radius 1 is 1.30 bits per heavy atom. The largest absolute Gasteiger partial charge is 0.468 e. The number of rotatable bonds is 3. The summed E-state index contributed by atoms with van der Waals surface area (Å²) in [4.78, 5) is 16.9. The van der Waals surface area contributed by atoms with Gasteiger partial charge in [-0.1, -0.05) is 0 Å². The Kier molecular flexibility index (Phi) is 4.11. The number of furan rings is 1. The smallest absolute Gasteiger partial charge is 0.228 e. The van der Waals surface area contributed by atoms with Crippen molar-refractivity contribution in [1.82, 2.24) is 9.80 Å². The molecule has 0 N–H and O–H groups in total. The van der Waals surface area contributed by atoms with E-state index in [1.807, 2.05) is 17.0 Å². The molecule has 126 valence electrons. The molecule has 1 amide bonds. The van der Waals surface area contributed by atoms with E-state index >= 15 is 0 Å². The maximum Gasteiger partial charge on any atom is 0.228 e. The molecule has 4 rings (SSSR count). The van der Waals surface area contributed by atoms with Crippen molar-refractivity contribution < 1.29 is 18.3 Å². The Hall–Kier alpha value is -1.40. The molecular formula is C17H23FN2O3. The number of halogens is 1. The number of nitrogens with zero attached hydrogens (tertiary/aromatic N) is 2. The third-order valence-corrected chi connectivity index (χ3v) is 5.40. The zero-order chi connectivity index (χ0) is 15.8. The molecule has 3 fully saturated rings. The molecule has 0 unspecified atom stereocenters. The molecule has 23 heavy (non-hydrogen) atoms. The maximum atomic E-state index is 13.3. The Morgan fingerprint density at radius 2 is 2.13 bits per heavy atom. The molecule has 0 spiro atoms. The zero-order valence-electron chi connectivity index (χ0n) is 13.2. The van der Waals surface area contributed by atoms with Crippen LogP contribution in [0.1, 0.15) is 18.6 Å². The number of alkyl halides is 1. The minimum Gasteiger partial charge on any atom is -0.468 e. The second-order valence-electron chi connectivity index (χ2n) is 6.92. The van der Waals surface area contributed by atoms with Gasteiger partial charge < -0.3 is 14.1 Å². The standard InChI is InChI=1S/C17H23FN2O3/c18-12-3-5-20(6-4-12)17(21)15-11-23-16-10-19(9-14(15)16)8-13-2-1-7-22-13/h1-2,7,12,14-16H,3-6,8-11H2/t14-,15-,16-/m1/s1. The summed E-state index contributed by atoms with van der Waals surface area (Å²) in [5, 5.41) is 0. The van der Waals surface area contributed by atoms with E-state index in [1.165, 1.54) is 0 Å². The summed E-state index contributed by atoms with van der Waals surface area (Å²) in [5.74, 6) is 1.28. The first-order valence-corrected chi connectivity index (χ1v) is 8.50. The molecule has 0 saturated carbocycles. The highest BCUT2D eigenvalue weighted by Gasteiger charge is 2.48. The van der Waals surface area contributed by atoms with Crippen molar-refractivity contribution in [2.45, 2.75) is 31.7 Å². The van der Waals surface area contributed by atoms with Gasteiger partial charge in [0.2, 0.25) is 5.91 Å². The lowest BCUT2D eigenvalue weighted by Gasteiger charge is -2.31. The molecule has 0 radical (unpaired) electrons. The lowest BCUT2D eigenvalue weighted by atomic mass is 9.91. The van der Waals surface area contributed by atoms with E-state index in [2.05, 4.69) is 4.90 Å². The fourth-order valence-electron chi connectivity index (χ4n) is 4.10. The Bertz CT molecular complexity index is 542. The van der Waals surface area contributed by atoms with Gasteiger partial charge in [0, 0.05) is 32.1 Å². The van der Waals surface area contributed by atoms with Crippen LogP contribution < -0.4 is 0 Å². The fourth-order valence-corrected chi connectivity index (χ4v) is 4.10. The number of amides is 1. The minimum atomic E-state index is -0.748. The van der Waals surface area contributed by atoms with Crippen LogP contribution in [0.15, 0.2) is 22.8 Å². The summed E-state index contributed by atoms with van der Waals surface area (Å²) in [6, 6.07) is 3.86. The first-order valence-electron chi connectivity index (χ1n) is 8.50. The van der Waals surface area contributed by atoms with Crippen LogP contribution in [0.2, 0.25) is 0 Å². The molecule has 6 heteroatoms. The van der Waals surface area contributed by atoms with Crippen LogP contribution in [0.4, 0.5) is 4.39 Å². The van der Waals surface area contributed by atoms with Crippen molar-refractivity contribution in [2.75, 3.05) is 32.8 Å². The average Bonchev–Trinajstić information content (AvgIpc) is 3.25. The topological polar surface area (TPSA) is 45.9 Å². The quantitative estimate of drug-likeness (QED) is 0.849. The highest BCUT2D eigenvalue weighted by molar-refractivity contribution is 5.80. The van der Waals surface area contributed by atoms with Crippen LogP contribution >= 0.6 is 0 Å². The fraction of sp³-hybridized carbons (Fsp3) is 0.706. The minimum absolute atomic E-state index is 0.0715. The number of carbonyl (C=O) groups is 1. The number of ether oxygens (including phenoxy) is 1. The van der Waals surface area contributed by atoms with Gasteiger partial charge in [-0.3, -0.25) is 9.69 Å².